The second-order valence-corrected chi connectivity index (χ2v) is 10.0. The van der Waals surface area contributed by atoms with Crippen LogP contribution in [0.2, 0.25) is 0 Å². The highest BCUT2D eigenvalue weighted by Crippen LogP contribution is 2.39. The molecule has 5 rings (SSSR count). The molecule has 1 aromatic heterocycles. The van der Waals surface area contributed by atoms with Crippen molar-refractivity contribution >= 4 is 30.9 Å². The van der Waals surface area contributed by atoms with Gasteiger partial charge in [-0.05, 0) is 51.1 Å². The summed E-state index contributed by atoms with van der Waals surface area (Å²) in [5.74, 6) is 0.650. The maximum atomic E-state index is 13.7. The van der Waals surface area contributed by atoms with Crippen LogP contribution in [0.1, 0.15) is 29.7 Å². The topological polar surface area (TPSA) is 65.0 Å². The molecule has 12 heteroatoms. The fourth-order valence-electron chi connectivity index (χ4n) is 5.54. The van der Waals surface area contributed by atoms with Crippen LogP contribution in [0, 0.1) is 0 Å². The highest BCUT2D eigenvalue weighted by Gasteiger charge is 2.36. The fraction of sp³-hybridized carbons (Fsp3) is 0.519. The van der Waals surface area contributed by atoms with E-state index in [1.165, 1.54) is 18.2 Å². The van der Waals surface area contributed by atoms with Gasteiger partial charge in [-0.2, -0.15) is 36.6 Å². The third kappa shape index (κ3) is 6.27. The van der Waals surface area contributed by atoms with E-state index in [0.717, 1.165) is 36.8 Å². The molecular weight excluding hydrogens is 529 g/mol. The van der Waals surface area contributed by atoms with Gasteiger partial charge in [0.15, 0.2) is 0 Å². The number of likely N-dealkylation sites (N-methyl/N-ethyl adjacent to an activating group) is 1. The average Bonchev–Trinajstić information content (AvgIpc) is 3.34. The van der Waals surface area contributed by atoms with Crippen LogP contribution >= 0.6 is 13.5 Å². The zero-order valence-electron chi connectivity index (χ0n) is 22.1. The van der Waals surface area contributed by atoms with Crippen molar-refractivity contribution in [3.63, 3.8) is 0 Å². The summed E-state index contributed by atoms with van der Waals surface area (Å²) >= 11 is 0. The first-order valence-electron chi connectivity index (χ1n) is 13.0. The molecule has 3 aliphatic heterocycles. The molecule has 2 saturated heterocycles. The molecule has 0 unspecified atom stereocenters. The average molecular weight is 565 g/mol. The maximum Gasteiger partial charge on any atom is 0.418 e. The quantitative estimate of drug-likeness (QED) is 0.498. The van der Waals surface area contributed by atoms with Crippen molar-refractivity contribution in [1.82, 2.24) is 19.8 Å². The number of nitrogens with zero attached hydrogens (tertiary/aromatic N) is 6. The normalized spacial score (nSPS) is 19.9. The van der Waals surface area contributed by atoms with Gasteiger partial charge in [0.05, 0.1) is 17.8 Å². The molecule has 1 aromatic carbocycles. The van der Waals surface area contributed by atoms with Crippen LogP contribution in [0.3, 0.4) is 0 Å². The summed E-state index contributed by atoms with van der Waals surface area (Å²) in [6, 6.07) is 6.19. The van der Waals surface area contributed by atoms with Crippen LogP contribution in [0.15, 0.2) is 36.9 Å². The lowest BCUT2D eigenvalue weighted by Gasteiger charge is -2.38. The molecule has 2 aromatic rings. The Morgan fingerprint density at radius 3 is 2.51 bits per heavy atom. The van der Waals surface area contributed by atoms with Gasteiger partial charge in [0, 0.05) is 50.0 Å². The van der Waals surface area contributed by atoms with E-state index in [-0.39, 0.29) is 43.7 Å². The molecule has 2 fully saturated rings. The van der Waals surface area contributed by atoms with Crippen LogP contribution in [-0.4, -0.2) is 84.6 Å². The van der Waals surface area contributed by atoms with E-state index in [1.54, 1.807) is 15.9 Å². The highest BCUT2D eigenvalue weighted by atomic mass is 32.1. The molecule has 39 heavy (non-hydrogen) atoms. The number of amides is 1. The van der Waals surface area contributed by atoms with Crippen LogP contribution in [0.5, 0.6) is 6.01 Å². The molecule has 3 aliphatic rings. The van der Waals surface area contributed by atoms with Gasteiger partial charge in [-0.3, -0.25) is 4.79 Å². The second kappa shape index (κ2) is 12.0. The molecule has 0 saturated carbocycles. The predicted molar refractivity (Wildman–Crippen MR) is 149 cm³/mol. The molecule has 0 bridgehead atoms. The van der Waals surface area contributed by atoms with Gasteiger partial charge in [0.25, 0.3) is 0 Å². The number of carbonyl (C=O) groups is 1. The number of rotatable bonds is 6. The number of benzene rings is 1. The molecule has 4 heterocycles. The first-order chi connectivity index (χ1) is 18.2. The first-order valence-corrected chi connectivity index (χ1v) is 13.0. The van der Waals surface area contributed by atoms with E-state index in [0.29, 0.717) is 51.4 Å². The number of anilines is 2. The highest BCUT2D eigenvalue weighted by molar-refractivity contribution is 7.59. The van der Waals surface area contributed by atoms with Gasteiger partial charge in [0.1, 0.15) is 12.4 Å². The zero-order valence-corrected chi connectivity index (χ0v) is 23.1. The molecule has 0 N–H and O–H groups in total. The Balaban J connectivity index is 0.00000353. The van der Waals surface area contributed by atoms with E-state index in [9.17, 15) is 18.0 Å². The molecule has 212 valence electrons. The fourth-order valence-corrected chi connectivity index (χ4v) is 5.54. The van der Waals surface area contributed by atoms with E-state index in [1.807, 2.05) is 0 Å². The molecule has 0 radical (unpaired) electrons. The van der Waals surface area contributed by atoms with Crippen LogP contribution in [-0.2, 0) is 23.9 Å². The lowest BCUT2D eigenvalue weighted by molar-refractivity contribution is -0.137. The number of hydrogen-bond acceptors (Lipinski definition) is 7. The number of para-hydroxylation sites is 1. The monoisotopic (exact) mass is 564 g/mol. The Hall–Kier alpha value is -2.99. The van der Waals surface area contributed by atoms with Crippen molar-refractivity contribution in [2.45, 2.75) is 38.0 Å². The molecule has 1 atom stereocenters. The number of halogens is 3. The Morgan fingerprint density at radius 1 is 1.10 bits per heavy atom. The first kappa shape index (κ1) is 29.0. The number of fused-ring (bicyclic) bond motifs is 1. The Bertz CT molecular complexity index is 1190. The Labute approximate surface area is 233 Å². The largest absolute Gasteiger partial charge is 0.462 e. The van der Waals surface area contributed by atoms with Gasteiger partial charge in [-0.25, -0.2) is 0 Å². The summed E-state index contributed by atoms with van der Waals surface area (Å²) in [7, 11) is 2.07. The summed E-state index contributed by atoms with van der Waals surface area (Å²) in [6.45, 7) is 7.95. The molecular formula is C27H35F3N6O2S. The number of aromatic nitrogens is 2. The molecule has 1 amide bonds. The zero-order chi connectivity index (χ0) is 26.9. The summed E-state index contributed by atoms with van der Waals surface area (Å²) in [5, 5.41) is 0. The smallest absolute Gasteiger partial charge is 0.418 e. The van der Waals surface area contributed by atoms with E-state index in [2.05, 4.69) is 23.4 Å². The standard InChI is InChI=1S/C27H33F3N6O2.H2S/c1-3-24(37)34-13-15-35(16-14-34)25-20-10-12-36(23-9-5-4-8-21(23)27(28,29)30)17-22(20)31-26(32-25)38-18-19-7-6-11-33(19)2;/h3-5,8-9,19H,1,6-7,10-18H2,2H3;1H2/t19-;/m0./s1. The van der Waals surface area contributed by atoms with Gasteiger partial charge in [-0.1, -0.05) is 18.7 Å². The minimum absolute atomic E-state index is 0. The number of carbonyl (C=O) groups excluding carboxylic acids is 1. The SMILES string of the molecule is C=CC(=O)N1CCN(c2nc(OC[C@@H]3CCCN3C)nc3c2CCN(c2ccccc2C(F)(F)F)C3)CC1.S. The van der Waals surface area contributed by atoms with Crippen molar-refractivity contribution in [3.05, 3.63) is 53.7 Å². The number of ether oxygens (including phenoxy) is 1. The van der Waals surface area contributed by atoms with Crippen LogP contribution in [0.25, 0.3) is 0 Å². The summed E-state index contributed by atoms with van der Waals surface area (Å²) < 4.78 is 47.3. The summed E-state index contributed by atoms with van der Waals surface area (Å²) in [5.41, 5.74) is 1.11. The van der Waals surface area contributed by atoms with Crippen molar-refractivity contribution in [3.8, 4) is 6.01 Å². The number of likely N-dealkylation sites (tertiary alicyclic amines) is 1. The number of piperazine rings is 1. The van der Waals surface area contributed by atoms with E-state index >= 15 is 0 Å². The van der Waals surface area contributed by atoms with Crippen molar-refractivity contribution < 1.29 is 22.7 Å². The number of hydrogen-bond donors (Lipinski definition) is 0. The Kier molecular flexibility index (Phi) is 8.95. The maximum absolute atomic E-state index is 13.7. The number of alkyl halides is 3. The van der Waals surface area contributed by atoms with Gasteiger partial charge >= 0.3 is 12.2 Å². The van der Waals surface area contributed by atoms with Crippen molar-refractivity contribution in [1.29, 1.82) is 0 Å². The van der Waals surface area contributed by atoms with E-state index in [4.69, 9.17) is 14.7 Å². The second-order valence-electron chi connectivity index (χ2n) is 10.0. The predicted octanol–water partition coefficient (Wildman–Crippen LogP) is 3.48. The molecule has 0 spiro atoms. The van der Waals surface area contributed by atoms with Gasteiger partial charge in [0.2, 0.25) is 5.91 Å². The van der Waals surface area contributed by atoms with Gasteiger partial charge in [-0.15, -0.1) is 0 Å². The van der Waals surface area contributed by atoms with Crippen molar-refractivity contribution in [2.24, 2.45) is 0 Å². The molecule has 0 aliphatic carbocycles. The molecule has 8 nitrogen and oxygen atoms in total. The third-order valence-electron chi connectivity index (χ3n) is 7.71. The summed E-state index contributed by atoms with van der Waals surface area (Å²) in [4.78, 5) is 29.4. The van der Waals surface area contributed by atoms with Crippen LogP contribution < -0.4 is 14.5 Å². The van der Waals surface area contributed by atoms with Crippen LogP contribution in [0.4, 0.5) is 24.7 Å². The van der Waals surface area contributed by atoms with Gasteiger partial charge < -0.3 is 24.3 Å². The lowest BCUT2D eigenvalue weighted by Crippen LogP contribution is -2.49. The van der Waals surface area contributed by atoms with E-state index < -0.39 is 11.7 Å². The lowest BCUT2D eigenvalue weighted by atomic mass is 10.0. The summed E-state index contributed by atoms with van der Waals surface area (Å²) in [6.07, 6.45) is -0.467. The minimum Gasteiger partial charge on any atom is -0.462 e. The minimum atomic E-state index is -4.45. The third-order valence-corrected chi connectivity index (χ3v) is 7.71. The Morgan fingerprint density at radius 2 is 1.85 bits per heavy atom. The van der Waals surface area contributed by atoms with Crippen molar-refractivity contribution in [2.75, 3.05) is 62.7 Å².